The summed E-state index contributed by atoms with van der Waals surface area (Å²) in [7, 11) is 1.76. The zero-order valence-corrected chi connectivity index (χ0v) is 13.7. The van der Waals surface area contributed by atoms with Crippen LogP contribution in [0.2, 0.25) is 0 Å². The summed E-state index contributed by atoms with van der Waals surface area (Å²) in [5, 5.41) is 0. The van der Waals surface area contributed by atoms with E-state index in [1.807, 2.05) is 0 Å². The van der Waals surface area contributed by atoms with Crippen molar-refractivity contribution >= 4 is 0 Å². The molecule has 0 bridgehead atoms. The minimum Gasteiger partial charge on any atom is -0.385 e. The molecule has 0 aromatic carbocycles. The summed E-state index contributed by atoms with van der Waals surface area (Å²) < 4.78 is 5.22. The number of nitrogens with two attached hydrogens (primary N) is 1. The van der Waals surface area contributed by atoms with E-state index in [1.165, 1.54) is 13.0 Å². The quantitative estimate of drug-likeness (QED) is 0.589. The predicted octanol–water partition coefficient (Wildman–Crippen LogP) is 1.79. The zero-order chi connectivity index (χ0) is 14.7. The van der Waals surface area contributed by atoms with Crippen molar-refractivity contribution in [2.75, 3.05) is 53.0 Å². The highest BCUT2D eigenvalue weighted by Crippen LogP contribution is 2.18. The van der Waals surface area contributed by atoms with Gasteiger partial charge in [-0.25, -0.2) is 0 Å². The van der Waals surface area contributed by atoms with Gasteiger partial charge in [0.25, 0.3) is 0 Å². The van der Waals surface area contributed by atoms with Gasteiger partial charge in [0.2, 0.25) is 0 Å². The molecule has 0 spiro atoms. The van der Waals surface area contributed by atoms with Gasteiger partial charge < -0.3 is 15.4 Å². The second kappa shape index (κ2) is 10.6. The van der Waals surface area contributed by atoms with Crippen molar-refractivity contribution in [3.05, 3.63) is 0 Å². The summed E-state index contributed by atoms with van der Waals surface area (Å²) in [5.74, 6) is 0. The molecule has 0 amide bonds. The molecule has 2 N–H and O–H groups in total. The highest BCUT2D eigenvalue weighted by Gasteiger charge is 2.28. The largest absolute Gasteiger partial charge is 0.385 e. The van der Waals surface area contributed by atoms with Gasteiger partial charge in [0, 0.05) is 25.8 Å². The van der Waals surface area contributed by atoms with Gasteiger partial charge in [0.05, 0.1) is 0 Å². The Morgan fingerprint density at radius 3 is 2.11 bits per heavy atom. The zero-order valence-electron chi connectivity index (χ0n) is 13.7. The molecular weight excluding hydrogens is 238 g/mol. The van der Waals surface area contributed by atoms with Crippen LogP contribution in [-0.2, 0) is 4.74 Å². The summed E-state index contributed by atoms with van der Waals surface area (Å²) in [4.78, 5) is 4.98. The number of ether oxygens (including phenoxy) is 1. The lowest BCUT2D eigenvalue weighted by atomic mass is 9.95. The van der Waals surface area contributed by atoms with E-state index in [4.69, 9.17) is 10.5 Å². The molecule has 4 heteroatoms. The first-order valence-corrected chi connectivity index (χ1v) is 7.74. The smallest absolute Gasteiger partial charge is 0.0480 e. The van der Waals surface area contributed by atoms with E-state index in [2.05, 4.69) is 37.5 Å². The fourth-order valence-corrected chi connectivity index (χ4v) is 2.55. The Kier molecular flexibility index (Phi) is 10.5. The van der Waals surface area contributed by atoms with Crippen molar-refractivity contribution in [3.63, 3.8) is 0 Å². The molecule has 0 saturated carbocycles. The van der Waals surface area contributed by atoms with Crippen LogP contribution in [0.3, 0.4) is 0 Å². The van der Waals surface area contributed by atoms with Crippen LogP contribution < -0.4 is 5.73 Å². The van der Waals surface area contributed by atoms with Crippen molar-refractivity contribution < 1.29 is 4.74 Å². The van der Waals surface area contributed by atoms with Gasteiger partial charge in [0.1, 0.15) is 0 Å². The Balaban J connectivity index is 4.29. The van der Waals surface area contributed by atoms with Gasteiger partial charge in [0.15, 0.2) is 0 Å². The number of likely N-dealkylation sites (N-methyl/N-ethyl adjacent to an activating group) is 1. The Hall–Kier alpha value is -0.160. The molecule has 0 saturated heterocycles. The summed E-state index contributed by atoms with van der Waals surface area (Å²) in [6.07, 6.45) is 2.21. The first-order valence-electron chi connectivity index (χ1n) is 7.74. The number of hydrogen-bond donors (Lipinski definition) is 1. The van der Waals surface area contributed by atoms with Gasteiger partial charge >= 0.3 is 0 Å². The van der Waals surface area contributed by atoms with Crippen LogP contribution in [0.4, 0.5) is 0 Å². The first-order chi connectivity index (χ1) is 9.07. The number of hydrogen-bond acceptors (Lipinski definition) is 4. The van der Waals surface area contributed by atoms with Crippen molar-refractivity contribution in [3.8, 4) is 0 Å². The van der Waals surface area contributed by atoms with E-state index in [-0.39, 0.29) is 5.54 Å². The fourth-order valence-electron chi connectivity index (χ4n) is 2.55. The van der Waals surface area contributed by atoms with E-state index in [9.17, 15) is 0 Å². The van der Waals surface area contributed by atoms with Crippen LogP contribution in [0.25, 0.3) is 0 Å². The van der Waals surface area contributed by atoms with Gasteiger partial charge in [-0.3, -0.25) is 4.90 Å². The topological polar surface area (TPSA) is 41.7 Å². The summed E-state index contributed by atoms with van der Waals surface area (Å²) >= 11 is 0. The second-order valence-corrected chi connectivity index (χ2v) is 5.40. The molecule has 4 nitrogen and oxygen atoms in total. The highest BCUT2D eigenvalue weighted by atomic mass is 16.5. The predicted molar refractivity (Wildman–Crippen MR) is 83.6 cm³/mol. The van der Waals surface area contributed by atoms with Crippen molar-refractivity contribution in [2.24, 2.45) is 5.73 Å². The van der Waals surface area contributed by atoms with Crippen molar-refractivity contribution in [2.45, 2.75) is 46.1 Å². The van der Waals surface area contributed by atoms with Crippen LogP contribution >= 0.6 is 0 Å². The normalized spacial score (nSPS) is 15.2. The summed E-state index contributed by atoms with van der Waals surface area (Å²) in [6, 6.07) is 0. The van der Waals surface area contributed by atoms with Crippen LogP contribution in [0.5, 0.6) is 0 Å². The van der Waals surface area contributed by atoms with Gasteiger partial charge in [-0.2, -0.15) is 0 Å². The monoisotopic (exact) mass is 273 g/mol. The first kappa shape index (κ1) is 18.8. The minimum absolute atomic E-state index is 0.0635. The van der Waals surface area contributed by atoms with Crippen molar-refractivity contribution in [1.29, 1.82) is 0 Å². The standard InChI is InChI=1S/C15H35N3O/c1-6-17(7-2)11-9-12-18(8-3)15(4,14-16)10-13-19-5/h6-14,16H2,1-5H3. The molecule has 0 aromatic rings. The minimum atomic E-state index is 0.0635. The molecule has 1 atom stereocenters. The molecule has 0 aliphatic carbocycles. The van der Waals surface area contributed by atoms with Crippen LogP contribution in [0.15, 0.2) is 0 Å². The lowest BCUT2D eigenvalue weighted by molar-refractivity contribution is 0.0690. The molecule has 0 aromatic heterocycles. The maximum atomic E-state index is 6.00. The van der Waals surface area contributed by atoms with Gasteiger partial charge in [-0.05, 0) is 52.5 Å². The molecule has 0 aliphatic rings. The number of methoxy groups -OCH3 is 1. The maximum Gasteiger partial charge on any atom is 0.0480 e. The summed E-state index contributed by atoms with van der Waals surface area (Å²) in [5.41, 5.74) is 6.06. The molecule has 0 fully saturated rings. The third-order valence-corrected chi connectivity index (χ3v) is 4.23. The van der Waals surface area contributed by atoms with Gasteiger partial charge in [-0.1, -0.05) is 20.8 Å². The van der Waals surface area contributed by atoms with Crippen LogP contribution in [0.1, 0.15) is 40.5 Å². The van der Waals surface area contributed by atoms with E-state index in [0.717, 1.165) is 39.2 Å². The number of rotatable bonds is 12. The SMILES string of the molecule is CCN(CC)CCCN(CC)C(C)(CN)CCOC. The average Bonchev–Trinajstić information content (AvgIpc) is 2.45. The molecule has 116 valence electrons. The fraction of sp³-hybridized carbons (Fsp3) is 1.00. The Bertz CT molecular complexity index is 210. The molecule has 1 unspecified atom stereocenters. The molecule has 0 heterocycles. The Labute approximate surface area is 120 Å². The third-order valence-electron chi connectivity index (χ3n) is 4.23. The highest BCUT2D eigenvalue weighted by molar-refractivity contribution is 4.87. The van der Waals surface area contributed by atoms with E-state index in [0.29, 0.717) is 6.54 Å². The molecule has 0 radical (unpaired) electrons. The third kappa shape index (κ3) is 6.70. The van der Waals surface area contributed by atoms with Crippen LogP contribution in [-0.4, -0.2) is 68.3 Å². The molecule has 0 aliphatic heterocycles. The van der Waals surface area contributed by atoms with Crippen LogP contribution in [0, 0.1) is 0 Å². The second-order valence-electron chi connectivity index (χ2n) is 5.40. The average molecular weight is 273 g/mol. The van der Waals surface area contributed by atoms with Crippen molar-refractivity contribution in [1.82, 2.24) is 9.80 Å². The summed E-state index contributed by atoms with van der Waals surface area (Å²) in [6.45, 7) is 16.0. The maximum absolute atomic E-state index is 6.00. The lowest BCUT2D eigenvalue weighted by Crippen LogP contribution is -2.52. The Morgan fingerprint density at radius 1 is 1.05 bits per heavy atom. The van der Waals surface area contributed by atoms with E-state index in [1.54, 1.807) is 7.11 Å². The molecule has 19 heavy (non-hydrogen) atoms. The number of nitrogens with zero attached hydrogens (tertiary/aromatic N) is 2. The molecular formula is C15H35N3O. The lowest BCUT2D eigenvalue weighted by Gasteiger charge is -2.40. The molecule has 0 rings (SSSR count). The van der Waals surface area contributed by atoms with E-state index < -0.39 is 0 Å². The Morgan fingerprint density at radius 2 is 1.68 bits per heavy atom. The van der Waals surface area contributed by atoms with E-state index >= 15 is 0 Å². The van der Waals surface area contributed by atoms with Gasteiger partial charge in [-0.15, -0.1) is 0 Å².